The maximum absolute atomic E-state index is 13.0. The van der Waals surface area contributed by atoms with E-state index in [9.17, 15) is 14.4 Å². The van der Waals surface area contributed by atoms with Gasteiger partial charge in [-0.3, -0.25) is 19.3 Å². The Labute approximate surface area is 198 Å². The van der Waals surface area contributed by atoms with Gasteiger partial charge in [-0.1, -0.05) is 30.3 Å². The first kappa shape index (κ1) is 21.8. The number of thioether (sulfide) groups is 1. The molecule has 0 spiro atoms. The number of anilines is 1. The molecule has 3 aliphatic heterocycles. The van der Waals surface area contributed by atoms with Gasteiger partial charge >= 0.3 is 0 Å². The second-order valence-electron chi connectivity index (χ2n) is 8.84. The minimum absolute atomic E-state index is 0.195. The van der Waals surface area contributed by atoms with Crippen LogP contribution in [-0.4, -0.2) is 53.0 Å². The third-order valence-electron chi connectivity index (χ3n) is 6.66. The molecule has 2 saturated heterocycles. The fraction of sp³-hybridized carbons (Fsp3) is 0.346. The predicted molar refractivity (Wildman–Crippen MR) is 131 cm³/mol. The smallest absolute Gasteiger partial charge is 0.294 e. The normalized spacial score (nSPS) is 19.5. The molecule has 0 N–H and O–H groups in total. The van der Waals surface area contributed by atoms with Crippen molar-refractivity contribution in [3.8, 4) is 0 Å². The third-order valence-corrected chi connectivity index (χ3v) is 7.57. The van der Waals surface area contributed by atoms with E-state index in [1.54, 1.807) is 11.0 Å². The van der Waals surface area contributed by atoms with Crippen LogP contribution < -0.4 is 4.90 Å². The average Bonchev–Trinajstić information content (AvgIpc) is 3.45. The van der Waals surface area contributed by atoms with Crippen molar-refractivity contribution in [1.29, 1.82) is 0 Å². The molecular weight excluding hydrogens is 434 g/mol. The molecule has 0 bridgehead atoms. The Morgan fingerprint density at radius 3 is 2.55 bits per heavy atom. The molecule has 170 valence electrons. The summed E-state index contributed by atoms with van der Waals surface area (Å²) in [5, 5.41) is -0.386. The minimum atomic E-state index is -0.390. The lowest BCUT2D eigenvalue weighted by molar-refractivity contribution is -0.136. The second kappa shape index (κ2) is 9.06. The Morgan fingerprint density at radius 1 is 1.03 bits per heavy atom. The fourth-order valence-corrected chi connectivity index (χ4v) is 5.54. The molecule has 0 radical (unpaired) electrons. The number of fused-ring (bicyclic) bond motifs is 1. The van der Waals surface area contributed by atoms with E-state index in [4.69, 9.17) is 0 Å². The summed E-state index contributed by atoms with van der Waals surface area (Å²) in [7, 11) is 0. The first-order valence-electron chi connectivity index (χ1n) is 11.4. The summed E-state index contributed by atoms with van der Waals surface area (Å²) in [6.07, 6.45) is 5.00. The number of carbonyl (C=O) groups is 3. The molecule has 0 aromatic heterocycles. The second-order valence-corrected chi connectivity index (χ2v) is 9.83. The highest BCUT2D eigenvalue weighted by Gasteiger charge is 2.37. The number of nitrogens with zero attached hydrogens (tertiary/aromatic N) is 3. The van der Waals surface area contributed by atoms with Crippen LogP contribution >= 0.6 is 11.8 Å². The van der Waals surface area contributed by atoms with Crippen LogP contribution in [0.1, 0.15) is 35.1 Å². The van der Waals surface area contributed by atoms with E-state index in [1.807, 2.05) is 31.2 Å². The molecular formula is C26H27N3O3S. The van der Waals surface area contributed by atoms with Gasteiger partial charge in [0.25, 0.3) is 11.1 Å². The number of rotatable bonds is 4. The van der Waals surface area contributed by atoms with Crippen LogP contribution in [0.4, 0.5) is 10.5 Å². The Morgan fingerprint density at radius 2 is 1.79 bits per heavy atom. The third kappa shape index (κ3) is 4.42. The molecule has 5 rings (SSSR count). The SMILES string of the molecule is Cc1cc(N2CCCC2)ccc1/C=C1/SC(=O)N(CC(=O)N2CCc3ccccc3C2)C1=O. The maximum atomic E-state index is 13.0. The molecule has 0 saturated carbocycles. The van der Waals surface area contributed by atoms with Gasteiger partial charge in [-0.2, -0.15) is 0 Å². The van der Waals surface area contributed by atoms with Gasteiger partial charge < -0.3 is 9.80 Å². The van der Waals surface area contributed by atoms with Crippen LogP contribution in [0, 0.1) is 6.92 Å². The monoisotopic (exact) mass is 461 g/mol. The molecule has 2 aromatic carbocycles. The lowest BCUT2D eigenvalue weighted by Crippen LogP contribution is -2.44. The van der Waals surface area contributed by atoms with Crippen molar-refractivity contribution in [3.05, 3.63) is 69.6 Å². The summed E-state index contributed by atoms with van der Waals surface area (Å²) < 4.78 is 0. The summed E-state index contributed by atoms with van der Waals surface area (Å²) in [6.45, 7) is 5.08. The predicted octanol–water partition coefficient (Wildman–Crippen LogP) is 4.22. The van der Waals surface area contributed by atoms with Crippen molar-refractivity contribution in [3.63, 3.8) is 0 Å². The number of aryl methyl sites for hydroxylation is 1. The molecule has 2 aromatic rings. The van der Waals surface area contributed by atoms with Crippen LogP contribution in [0.15, 0.2) is 47.4 Å². The van der Waals surface area contributed by atoms with E-state index >= 15 is 0 Å². The maximum Gasteiger partial charge on any atom is 0.294 e. The number of amides is 3. The first-order chi connectivity index (χ1) is 16.0. The molecule has 3 aliphatic rings. The molecule has 0 unspecified atom stereocenters. The summed E-state index contributed by atoms with van der Waals surface area (Å²) in [6, 6.07) is 14.3. The van der Waals surface area contributed by atoms with E-state index < -0.39 is 5.91 Å². The van der Waals surface area contributed by atoms with E-state index in [0.29, 0.717) is 18.0 Å². The van der Waals surface area contributed by atoms with Crippen molar-refractivity contribution >= 4 is 40.6 Å². The van der Waals surface area contributed by atoms with E-state index in [2.05, 4.69) is 23.1 Å². The van der Waals surface area contributed by atoms with Crippen molar-refractivity contribution in [1.82, 2.24) is 9.80 Å². The Hall–Kier alpha value is -3.06. The van der Waals surface area contributed by atoms with Gasteiger partial charge in [0.15, 0.2) is 0 Å². The molecule has 2 fully saturated rings. The molecule has 7 heteroatoms. The summed E-state index contributed by atoms with van der Waals surface area (Å²) in [5.74, 6) is -0.585. The van der Waals surface area contributed by atoms with Crippen molar-refractivity contribution in [2.75, 3.05) is 31.1 Å². The van der Waals surface area contributed by atoms with Gasteiger partial charge in [0.2, 0.25) is 5.91 Å². The average molecular weight is 462 g/mol. The number of hydrogen-bond donors (Lipinski definition) is 0. The van der Waals surface area contributed by atoms with Crippen molar-refractivity contribution < 1.29 is 14.4 Å². The van der Waals surface area contributed by atoms with Crippen molar-refractivity contribution in [2.24, 2.45) is 0 Å². The van der Waals surface area contributed by atoms with Gasteiger partial charge in [-0.15, -0.1) is 0 Å². The van der Waals surface area contributed by atoms with Crippen LogP contribution in [0.25, 0.3) is 6.08 Å². The Kier molecular flexibility index (Phi) is 5.98. The van der Waals surface area contributed by atoms with Gasteiger partial charge in [0.05, 0.1) is 4.91 Å². The zero-order valence-electron chi connectivity index (χ0n) is 18.8. The van der Waals surface area contributed by atoms with Gasteiger partial charge in [0.1, 0.15) is 6.54 Å². The number of benzene rings is 2. The van der Waals surface area contributed by atoms with Crippen LogP contribution in [0.2, 0.25) is 0 Å². The highest BCUT2D eigenvalue weighted by molar-refractivity contribution is 8.18. The van der Waals surface area contributed by atoms with E-state index in [0.717, 1.165) is 52.9 Å². The Balaban J connectivity index is 1.27. The highest BCUT2D eigenvalue weighted by atomic mass is 32.2. The van der Waals surface area contributed by atoms with E-state index in [-0.39, 0.29) is 17.7 Å². The first-order valence-corrected chi connectivity index (χ1v) is 12.3. The lowest BCUT2D eigenvalue weighted by atomic mass is 10.00. The van der Waals surface area contributed by atoms with Gasteiger partial charge in [0, 0.05) is 31.9 Å². The summed E-state index contributed by atoms with van der Waals surface area (Å²) >= 11 is 0.909. The number of hydrogen-bond acceptors (Lipinski definition) is 5. The number of imide groups is 1. The van der Waals surface area contributed by atoms with Crippen LogP contribution in [-0.2, 0) is 22.6 Å². The summed E-state index contributed by atoms with van der Waals surface area (Å²) in [5.41, 5.74) is 5.56. The molecule has 6 nitrogen and oxygen atoms in total. The standard InChI is InChI=1S/C26H27N3O3S/c1-18-14-22(27-11-4-5-12-27)9-8-20(18)15-23-25(31)29(26(32)33-23)17-24(30)28-13-10-19-6-2-3-7-21(19)16-28/h2-3,6-9,14-15H,4-5,10-13,16-17H2,1H3/b23-15+. The molecule has 33 heavy (non-hydrogen) atoms. The topological polar surface area (TPSA) is 60.9 Å². The quantitative estimate of drug-likeness (QED) is 0.638. The molecule has 3 amide bonds. The zero-order valence-corrected chi connectivity index (χ0v) is 19.6. The minimum Gasteiger partial charge on any atom is -0.372 e. The van der Waals surface area contributed by atoms with Gasteiger partial charge in [-0.25, -0.2) is 0 Å². The largest absolute Gasteiger partial charge is 0.372 e. The number of carbonyl (C=O) groups excluding carboxylic acids is 3. The molecule has 0 atom stereocenters. The van der Waals surface area contributed by atoms with Crippen LogP contribution in [0.3, 0.4) is 0 Å². The molecule has 3 heterocycles. The lowest BCUT2D eigenvalue weighted by Gasteiger charge is -2.29. The highest BCUT2D eigenvalue weighted by Crippen LogP contribution is 2.33. The molecule has 0 aliphatic carbocycles. The fourth-order valence-electron chi connectivity index (χ4n) is 4.72. The summed E-state index contributed by atoms with van der Waals surface area (Å²) in [4.78, 5) is 44.0. The zero-order chi connectivity index (χ0) is 22.9. The van der Waals surface area contributed by atoms with E-state index in [1.165, 1.54) is 24.1 Å². The van der Waals surface area contributed by atoms with Gasteiger partial charge in [-0.05, 0) is 78.4 Å². The van der Waals surface area contributed by atoms with Crippen LogP contribution in [0.5, 0.6) is 0 Å². The Bertz CT molecular complexity index is 1150. The van der Waals surface area contributed by atoms with Crippen molar-refractivity contribution in [2.45, 2.75) is 32.7 Å².